The quantitative estimate of drug-likeness (QED) is 0.566. The van der Waals surface area contributed by atoms with E-state index >= 15 is 0 Å². The zero-order chi connectivity index (χ0) is 20.4. The second-order valence-electron chi connectivity index (χ2n) is 6.77. The lowest BCUT2D eigenvalue weighted by Crippen LogP contribution is -2.50. The normalized spacial score (nSPS) is 14.7. The minimum atomic E-state index is -0.153. The molecule has 148 valence electrons. The monoisotopic (exact) mass is 428 g/mol. The summed E-state index contributed by atoms with van der Waals surface area (Å²) >= 11 is 11.9. The lowest BCUT2D eigenvalue weighted by atomic mass is 10.2. The zero-order valence-corrected chi connectivity index (χ0v) is 17.0. The summed E-state index contributed by atoms with van der Waals surface area (Å²) in [5, 5.41) is 1.82. The van der Waals surface area contributed by atoms with Crippen molar-refractivity contribution in [1.82, 2.24) is 9.80 Å². The molecule has 1 fully saturated rings. The summed E-state index contributed by atoms with van der Waals surface area (Å²) in [5.41, 5.74) is 1.49. The van der Waals surface area contributed by atoms with Crippen LogP contribution in [0.3, 0.4) is 0 Å². The molecule has 0 atom stereocenters. The van der Waals surface area contributed by atoms with Gasteiger partial charge in [-0.05, 0) is 35.9 Å². The minimum absolute atomic E-state index is 0.105. The van der Waals surface area contributed by atoms with E-state index in [1.165, 1.54) is 6.08 Å². The van der Waals surface area contributed by atoms with Gasteiger partial charge in [-0.3, -0.25) is 9.59 Å². The molecule has 1 saturated heterocycles. The molecule has 0 radical (unpaired) electrons. The van der Waals surface area contributed by atoms with Crippen molar-refractivity contribution < 1.29 is 14.0 Å². The number of carbonyl (C=O) groups excluding carboxylic acids is 2. The fourth-order valence-corrected chi connectivity index (χ4v) is 3.57. The highest BCUT2D eigenvalue weighted by Gasteiger charge is 2.25. The molecule has 7 heteroatoms. The molecule has 5 nitrogen and oxygen atoms in total. The first-order valence-corrected chi connectivity index (χ1v) is 9.97. The van der Waals surface area contributed by atoms with E-state index < -0.39 is 0 Å². The van der Waals surface area contributed by atoms with Gasteiger partial charge in [-0.15, -0.1) is 0 Å². The maximum atomic E-state index is 12.7. The van der Waals surface area contributed by atoms with Crippen molar-refractivity contribution in [3.8, 4) is 0 Å². The number of fused-ring (bicyclic) bond motifs is 1. The predicted molar refractivity (Wildman–Crippen MR) is 114 cm³/mol. The molecule has 0 bridgehead atoms. The SMILES string of the molecule is O=C(/C=C/c1ccc(Cl)c(Cl)c1)N1CCN(C(=O)c2cc3ccccc3o2)CC1. The lowest BCUT2D eigenvalue weighted by molar-refractivity contribution is -0.127. The molecule has 0 aliphatic carbocycles. The van der Waals surface area contributed by atoms with Gasteiger partial charge in [0.05, 0.1) is 10.0 Å². The Balaban J connectivity index is 1.35. The van der Waals surface area contributed by atoms with Crippen LogP contribution in [0, 0.1) is 0 Å². The van der Waals surface area contributed by atoms with Crippen LogP contribution in [0.4, 0.5) is 0 Å². The van der Waals surface area contributed by atoms with Crippen LogP contribution in [0.5, 0.6) is 0 Å². The predicted octanol–water partition coefficient (Wildman–Crippen LogP) is 4.74. The Labute approximate surface area is 178 Å². The number of hydrogen-bond donors (Lipinski definition) is 0. The number of benzene rings is 2. The number of rotatable bonds is 3. The smallest absolute Gasteiger partial charge is 0.289 e. The number of furan rings is 1. The molecule has 2 amide bonds. The van der Waals surface area contributed by atoms with Crippen LogP contribution in [0.2, 0.25) is 10.0 Å². The molecule has 0 unspecified atom stereocenters. The molecule has 0 spiro atoms. The largest absolute Gasteiger partial charge is 0.451 e. The van der Waals surface area contributed by atoms with Crippen LogP contribution in [-0.2, 0) is 4.79 Å². The second-order valence-corrected chi connectivity index (χ2v) is 7.59. The Morgan fingerprint density at radius 3 is 2.34 bits per heavy atom. The maximum Gasteiger partial charge on any atom is 0.289 e. The van der Waals surface area contributed by atoms with E-state index in [1.807, 2.05) is 24.3 Å². The number of halogens is 2. The first kappa shape index (κ1) is 19.6. The van der Waals surface area contributed by atoms with Crippen LogP contribution in [0.15, 0.2) is 59.0 Å². The number of amides is 2. The van der Waals surface area contributed by atoms with Gasteiger partial charge in [-0.25, -0.2) is 0 Å². The van der Waals surface area contributed by atoms with Crippen LogP contribution >= 0.6 is 23.2 Å². The van der Waals surface area contributed by atoms with E-state index in [2.05, 4.69) is 0 Å². The lowest BCUT2D eigenvalue weighted by Gasteiger charge is -2.33. The van der Waals surface area contributed by atoms with Crippen molar-refractivity contribution in [2.45, 2.75) is 0 Å². The molecule has 29 heavy (non-hydrogen) atoms. The van der Waals surface area contributed by atoms with Crippen molar-refractivity contribution in [2.24, 2.45) is 0 Å². The highest BCUT2D eigenvalue weighted by atomic mass is 35.5. The van der Waals surface area contributed by atoms with E-state index in [0.29, 0.717) is 47.6 Å². The summed E-state index contributed by atoms with van der Waals surface area (Å²) in [6.45, 7) is 1.86. The van der Waals surface area contributed by atoms with Gasteiger partial charge in [0.1, 0.15) is 5.58 Å². The fraction of sp³-hybridized carbons (Fsp3) is 0.182. The van der Waals surface area contributed by atoms with Gasteiger partial charge in [-0.1, -0.05) is 47.5 Å². The van der Waals surface area contributed by atoms with Crippen molar-refractivity contribution in [1.29, 1.82) is 0 Å². The van der Waals surface area contributed by atoms with Crippen LogP contribution in [0.25, 0.3) is 17.0 Å². The van der Waals surface area contributed by atoms with Crippen molar-refractivity contribution in [3.63, 3.8) is 0 Å². The molecule has 1 aliphatic rings. The summed E-state index contributed by atoms with van der Waals surface area (Å²) in [5.74, 6) is 0.0667. The Bertz CT molecular complexity index is 1070. The molecule has 1 aromatic heterocycles. The average molecular weight is 429 g/mol. The molecule has 2 aromatic carbocycles. The van der Waals surface area contributed by atoms with Gasteiger partial charge >= 0.3 is 0 Å². The maximum absolute atomic E-state index is 12.7. The molecule has 3 aromatic rings. The molecule has 0 saturated carbocycles. The van der Waals surface area contributed by atoms with Gasteiger partial charge in [-0.2, -0.15) is 0 Å². The Morgan fingerprint density at radius 2 is 1.62 bits per heavy atom. The van der Waals surface area contributed by atoms with E-state index in [1.54, 1.807) is 40.1 Å². The van der Waals surface area contributed by atoms with Crippen molar-refractivity contribution in [3.05, 3.63) is 76.0 Å². The molecule has 4 rings (SSSR count). The van der Waals surface area contributed by atoms with Crippen LogP contribution in [0.1, 0.15) is 16.1 Å². The molecule has 0 N–H and O–H groups in total. The Morgan fingerprint density at radius 1 is 0.897 bits per heavy atom. The van der Waals surface area contributed by atoms with Crippen molar-refractivity contribution in [2.75, 3.05) is 26.2 Å². The molecular formula is C22H18Cl2N2O3. The van der Waals surface area contributed by atoms with Gasteiger partial charge in [0.25, 0.3) is 5.91 Å². The van der Waals surface area contributed by atoms with Crippen LogP contribution in [-0.4, -0.2) is 47.8 Å². The topological polar surface area (TPSA) is 53.8 Å². The Hall–Kier alpha value is -2.76. The Kier molecular flexibility index (Phi) is 5.60. The van der Waals surface area contributed by atoms with E-state index in [0.717, 1.165) is 10.9 Å². The zero-order valence-electron chi connectivity index (χ0n) is 15.5. The third-order valence-corrected chi connectivity index (χ3v) is 5.62. The van der Waals surface area contributed by atoms with E-state index in [9.17, 15) is 9.59 Å². The first-order valence-electron chi connectivity index (χ1n) is 9.21. The standard InChI is InChI=1S/C22H18Cl2N2O3/c23-17-7-5-15(13-18(17)24)6-8-21(27)25-9-11-26(12-10-25)22(28)20-14-16-3-1-2-4-19(16)29-20/h1-8,13-14H,9-12H2/b8-6+. The highest BCUT2D eigenvalue weighted by molar-refractivity contribution is 6.42. The van der Waals surface area contributed by atoms with Gasteiger partial charge < -0.3 is 14.2 Å². The van der Waals surface area contributed by atoms with E-state index in [4.69, 9.17) is 27.6 Å². The number of hydrogen-bond acceptors (Lipinski definition) is 3. The molecular weight excluding hydrogens is 411 g/mol. The number of para-hydroxylation sites is 1. The molecule has 2 heterocycles. The van der Waals surface area contributed by atoms with Crippen molar-refractivity contribution >= 4 is 52.1 Å². The summed E-state index contributed by atoms with van der Waals surface area (Å²) in [7, 11) is 0. The second kappa shape index (κ2) is 8.31. The third kappa shape index (κ3) is 4.31. The van der Waals surface area contributed by atoms with E-state index in [-0.39, 0.29) is 11.8 Å². The fourth-order valence-electron chi connectivity index (χ4n) is 3.26. The summed E-state index contributed by atoms with van der Waals surface area (Å²) in [6, 6.07) is 14.5. The highest BCUT2D eigenvalue weighted by Crippen LogP contribution is 2.23. The summed E-state index contributed by atoms with van der Waals surface area (Å²) in [4.78, 5) is 28.6. The van der Waals surface area contributed by atoms with Gasteiger partial charge in [0, 0.05) is 37.6 Å². The minimum Gasteiger partial charge on any atom is -0.451 e. The molecule has 1 aliphatic heterocycles. The number of piperazine rings is 1. The summed E-state index contributed by atoms with van der Waals surface area (Å²) in [6.07, 6.45) is 3.22. The average Bonchev–Trinajstić information content (AvgIpc) is 3.18. The summed E-state index contributed by atoms with van der Waals surface area (Å²) < 4.78 is 5.66. The first-order chi connectivity index (χ1) is 14.0. The third-order valence-electron chi connectivity index (χ3n) is 4.88. The number of carbonyl (C=O) groups is 2. The number of nitrogens with zero attached hydrogens (tertiary/aromatic N) is 2. The van der Waals surface area contributed by atoms with Gasteiger partial charge in [0.2, 0.25) is 5.91 Å². The van der Waals surface area contributed by atoms with Gasteiger partial charge in [0.15, 0.2) is 5.76 Å². The van der Waals surface area contributed by atoms with Crippen LogP contribution < -0.4 is 0 Å².